The average molecular weight is 214 g/mol. The van der Waals surface area contributed by atoms with Crippen molar-refractivity contribution in [3.8, 4) is 0 Å². The number of H-pyrrole nitrogens is 1. The second-order valence-corrected chi connectivity index (χ2v) is 3.82. The summed E-state index contributed by atoms with van der Waals surface area (Å²) in [7, 11) is 0. The van der Waals surface area contributed by atoms with Crippen molar-refractivity contribution in [1.29, 1.82) is 0 Å². The Bertz CT molecular complexity index is 459. The number of hydrogen-bond donors (Lipinski definition) is 1. The Morgan fingerprint density at radius 1 is 1.44 bits per heavy atom. The van der Waals surface area contributed by atoms with Gasteiger partial charge in [0.05, 0.1) is 0 Å². The molecule has 1 aromatic heterocycles. The van der Waals surface area contributed by atoms with Crippen molar-refractivity contribution in [2.75, 3.05) is 0 Å². The fraction of sp³-hybridized carbons (Fsp3) is 0.214. The molecule has 84 valence electrons. The molecule has 0 amide bonds. The van der Waals surface area contributed by atoms with E-state index in [4.69, 9.17) is 0 Å². The minimum Gasteiger partial charge on any atom is -0.342 e. The average Bonchev–Trinajstić information content (AvgIpc) is 2.64. The highest BCUT2D eigenvalue weighted by Gasteiger charge is 2.01. The fourth-order valence-electron chi connectivity index (χ4n) is 1.33. The lowest BCUT2D eigenvalue weighted by Gasteiger charge is -2.02. The molecule has 0 unspecified atom stereocenters. The van der Waals surface area contributed by atoms with E-state index in [1.165, 1.54) is 0 Å². The Kier molecular flexibility index (Phi) is 4.06. The molecule has 1 rings (SSSR count). The van der Waals surface area contributed by atoms with Crippen molar-refractivity contribution in [3.05, 3.63) is 60.2 Å². The molecule has 2 heteroatoms. The summed E-state index contributed by atoms with van der Waals surface area (Å²) in [6, 6.07) is 0. The minimum absolute atomic E-state index is 0.806. The molecule has 1 aromatic rings. The third-order valence-electron chi connectivity index (χ3n) is 2.18. The summed E-state index contributed by atoms with van der Waals surface area (Å²) in [6.45, 7) is 13.9. The number of allylic oxidation sites excluding steroid dienone is 6. The van der Waals surface area contributed by atoms with E-state index in [0.29, 0.717) is 0 Å². The van der Waals surface area contributed by atoms with Gasteiger partial charge >= 0.3 is 0 Å². The van der Waals surface area contributed by atoms with Gasteiger partial charge in [-0.05, 0) is 32.4 Å². The van der Waals surface area contributed by atoms with Crippen LogP contribution >= 0.6 is 0 Å². The van der Waals surface area contributed by atoms with Gasteiger partial charge in [0, 0.05) is 17.5 Å². The molecule has 0 aromatic carbocycles. The maximum atomic E-state index is 4.23. The molecular formula is C14H18N2. The van der Waals surface area contributed by atoms with E-state index in [0.717, 1.165) is 28.2 Å². The molecule has 0 bridgehead atoms. The van der Waals surface area contributed by atoms with Crippen LogP contribution in [0, 0.1) is 6.92 Å². The van der Waals surface area contributed by atoms with Gasteiger partial charge in [0.2, 0.25) is 0 Å². The Morgan fingerprint density at radius 3 is 2.56 bits per heavy atom. The van der Waals surface area contributed by atoms with Gasteiger partial charge in [-0.3, -0.25) is 0 Å². The number of imidazole rings is 1. The lowest BCUT2D eigenvalue weighted by molar-refractivity contribution is 1.21. The van der Waals surface area contributed by atoms with Crippen LogP contribution in [-0.4, -0.2) is 9.97 Å². The first-order valence-electron chi connectivity index (χ1n) is 5.25. The van der Waals surface area contributed by atoms with Crippen molar-refractivity contribution in [2.45, 2.75) is 20.8 Å². The molecule has 0 radical (unpaired) electrons. The number of nitrogens with zero attached hydrogens (tertiary/aromatic N) is 1. The molecule has 1 N–H and O–H groups in total. The highest BCUT2D eigenvalue weighted by molar-refractivity contribution is 5.70. The molecule has 0 spiro atoms. The molecule has 0 aliphatic carbocycles. The van der Waals surface area contributed by atoms with Crippen LogP contribution in [0.2, 0.25) is 0 Å². The van der Waals surface area contributed by atoms with Crippen molar-refractivity contribution >= 4 is 5.57 Å². The molecule has 0 atom stereocenters. The highest BCUT2D eigenvalue weighted by Crippen LogP contribution is 2.17. The summed E-state index contributed by atoms with van der Waals surface area (Å²) >= 11 is 0. The fourth-order valence-corrected chi connectivity index (χ4v) is 1.33. The lowest BCUT2D eigenvalue weighted by Crippen LogP contribution is -1.86. The van der Waals surface area contributed by atoms with E-state index in [9.17, 15) is 0 Å². The molecule has 2 nitrogen and oxygen atoms in total. The Morgan fingerprint density at radius 2 is 2.12 bits per heavy atom. The van der Waals surface area contributed by atoms with Crippen molar-refractivity contribution in [3.63, 3.8) is 0 Å². The second kappa shape index (κ2) is 5.31. The molecular weight excluding hydrogens is 196 g/mol. The van der Waals surface area contributed by atoms with Gasteiger partial charge in [0.15, 0.2) is 0 Å². The highest BCUT2D eigenvalue weighted by atomic mass is 14.9. The zero-order chi connectivity index (χ0) is 12.1. The first-order valence-corrected chi connectivity index (χ1v) is 5.25. The van der Waals surface area contributed by atoms with Gasteiger partial charge in [0.1, 0.15) is 5.82 Å². The number of hydrogen-bond acceptors (Lipinski definition) is 1. The summed E-state index contributed by atoms with van der Waals surface area (Å²) in [5, 5.41) is 0. The first-order chi connectivity index (χ1) is 7.54. The predicted octanol–water partition coefficient (Wildman–Crippen LogP) is 3.81. The molecule has 0 fully saturated rings. The van der Waals surface area contributed by atoms with Crippen LogP contribution in [0.3, 0.4) is 0 Å². The SMILES string of the molecule is C=C(C)/C(C=CC)=C/C(=C)c1ncc(C)[nH]1. The monoisotopic (exact) mass is 214 g/mol. The number of nitrogens with one attached hydrogen (secondary N) is 1. The standard InChI is InChI=1S/C14H18N2/c1-6-7-13(10(2)3)8-11(4)14-15-9-12(5)16-14/h6-9H,2,4H2,1,3,5H3,(H,15,16)/b7-6?,13-8+. The normalized spacial score (nSPS) is 12.1. The summed E-state index contributed by atoms with van der Waals surface area (Å²) in [5.74, 6) is 0.806. The van der Waals surface area contributed by atoms with Crippen LogP contribution in [0.1, 0.15) is 25.4 Å². The van der Waals surface area contributed by atoms with Gasteiger partial charge in [-0.25, -0.2) is 4.98 Å². The third kappa shape index (κ3) is 3.09. The molecule has 0 aliphatic rings. The number of rotatable bonds is 4. The second-order valence-electron chi connectivity index (χ2n) is 3.82. The molecule has 0 saturated carbocycles. The topological polar surface area (TPSA) is 28.7 Å². The Balaban J connectivity index is 2.97. The van der Waals surface area contributed by atoms with E-state index < -0.39 is 0 Å². The van der Waals surface area contributed by atoms with Gasteiger partial charge in [0.25, 0.3) is 0 Å². The van der Waals surface area contributed by atoms with Crippen LogP contribution in [-0.2, 0) is 0 Å². The Hall–Kier alpha value is -1.83. The first kappa shape index (κ1) is 12.2. The number of aryl methyl sites for hydroxylation is 1. The minimum atomic E-state index is 0.806. The summed E-state index contributed by atoms with van der Waals surface area (Å²) in [6.07, 6.45) is 7.79. The molecule has 0 saturated heterocycles. The predicted molar refractivity (Wildman–Crippen MR) is 70.1 cm³/mol. The molecule has 0 aliphatic heterocycles. The van der Waals surface area contributed by atoms with E-state index in [-0.39, 0.29) is 0 Å². The Labute approximate surface area is 97.1 Å². The van der Waals surface area contributed by atoms with E-state index >= 15 is 0 Å². The maximum Gasteiger partial charge on any atom is 0.136 e. The van der Waals surface area contributed by atoms with Crippen LogP contribution in [0.25, 0.3) is 5.57 Å². The summed E-state index contributed by atoms with van der Waals surface area (Å²) in [4.78, 5) is 7.39. The van der Waals surface area contributed by atoms with E-state index in [2.05, 4.69) is 23.1 Å². The van der Waals surface area contributed by atoms with Gasteiger partial charge in [-0.15, -0.1) is 0 Å². The van der Waals surface area contributed by atoms with Crippen LogP contribution < -0.4 is 0 Å². The zero-order valence-corrected chi connectivity index (χ0v) is 10.2. The van der Waals surface area contributed by atoms with Crippen molar-refractivity contribution in [2.24, 2.45) is 0 Å². The van der Waals surface area contributed by atoms with Crippen LogP contribution in [0.5, 0.6) is 0 Å². The molecule has 1 heterocycles. The quantitative estimate of drug-likeness (QED) is 0.758. The van der Waals surface area contributed by atoms with Gasteiger partial charge in [-0.2, -0.15) is 0 Å². The van der Waals surface area contributed by atoms with E-state index in [1.54, 1.807) is 6.20 Å². The van der Waals surface area contributed by atoms with Crippen LogP contribution in [0.4, 0.5) is 0 Å². The lowest BCUT2D eigenvalue weighted by atomic mass is 10.1. The number of aromatic nitrogens is 2. The van der Waals surface area contributed by atoms with Crippen molar-refractivity contribution < 1.29 is 0 Å². The number of aromatic amines is 1. The van der Waals surface area contributed by atoms with Crippen molar-refractivity contribution in [1.82, 2.24) is 9.97 Å². The molecule has 16 heavy (non-hydrogen) atoms. The maximum absolute atomic E-state index is 4.23. The summed E-state index contributed by atoms with van der Waals surface area (Å²) < 4.78 is 0. The van der Waals surface area contributed by atoms with Gasteiger partial charge in [-0.1, -0.05) is 30.9 Å². The third-order valence-corrected chi connectivity index (χ3v) is 2.18. The van der Waals surface area contributed by atoms with Gasteiger partial charge < -0.3 is 4.98 Å². The van der Waals surface area contributed by atoms with Crippen LogP contribution in [0.15, 0.2) is 48.7 Å². The summed E-state index contributed by atoms with van der Waals surface area (Å²) in [5.41, 5.74) is 3.99. The van der Waals surface area contributed by atoms with E-state index in [1.807, 2.05) is 39.0 Å². The largest absolute Gasteiger partial charge is 0.342 e. The zero-order valence-electron chi connectivity index (χ0n) is 10.2. The smallest absolute Gasteiger partial charge is 0.136 e.